The van der Waals surface area contributed by atoms with E-state index in [0.717, 1.165) is 35.1 Å². The zero-order chi connectivity index (χ0) is 25.8. The number of hydrogen-bond donors (Lipinski definition) is 2. The van der Waals surface area contributed by atoms with Gasteiger partial charge in [0.15, 0.2) is 6.10 Å². The monoisotopic (exact) mass is 488 g/mol. The van der Waals surface area contributed by atoms with Crippen LogP contribution in [0.3, 0.4) is 0 Å². The van der Waals surface area contributed by atoms with E-state index in [0.29, 0.717) is 35.9 Å². The van der Waals surface area contributed by atoms with Crippen LogP contribution >= 0.6 is 0 Å². The van der Waals surface area contributed by atoms with Crippen molar-refractivity contribution in [3.05, 3.63) is 65.4 Å². The largest absolute Gasteiger partial charge is 0.449 e. The molecule has 8 nitrogen and oxygen atoms in total. The molecule has 1 aromatic heterocycles. The van der Waals surface area contributed by atoms with Crippen molar-refractivity contribution >= 4 is 40.1 Å². The molecule has 0 radical (unpaired) electrons. The normalized spacial score (nSPS) is 14.2. The highest BCUT2D eigenvalue weighted by molar-refractivity contribution is 6.06. The predicted octanol–water partition coefficient (Wildman–Crippen LogP) is 4.53. The molecule has 0 saturated carbocycles. The van der Waals surface area contributed by atoms with Crippen LogP contribution < -0.4 is 10.6 Å². The molecule has 188 valence electrons. The van der Waals surface area contributed by atoms with E-state index in [1.165, 1.54) is 6.92 Å². The molecule has 4 rings (SSSR count). The lowest BCUT2D eigenvalue weighted by molar-refractivity contribution is -0.124. The molecule has 0 saturated heterocycles. The van der Waals surface area contributed by atoms with Crippen molar-refractivity contribution in [3.8, 4) is 0 Å². The van der Waals surface area contributed by atoms with Gasteiger partial charge in [0.2, 0.25) is 5.91 Å². The summed E-state index contributed by atoms with van der Waals surface area (Å²) in [6, 6.07) is 14.7. The average molecular weight is 489 g/mol. The molecule has 8 heteroatoms. The Hall–Kier alpha value is -3.78. The van der Waals surface area contributed by atoms with Gasteiger partial charge in [-0.25, -0.2) is 4.79 Å². The van der Waals surface area contributed by atoms with Crippen molar-refractivity contribution in [3.63, 3.8) is 0 Å². The van der Waals surface area contributed by atoms with Crippen molar-refractivity contribution in [2.45, 2.75) is 59.2 Å². The number of carbonyl (C=O) groups is 3. The summed E-state index contributed by atoms with van der Waals surface area (Å²) >= 11 is 0. The van der Waals surface area contributed by atoms with Crippen LogP contribution in [0.5, 0.6) is 0 Å². The molecule has 0 aliphatic carbocycles. The molecular formula is C28H32N4O4. The van der Waals surface area contributed by atoms with Crippen molar-refractivity contribution in [1.29, 1.82) is 0 Å². The van der Waals surface area contributed by atoms with Gasteiger partial charge in [-0.05, 0) is 50.6 Å². The Bertz CT molecular complexity index is 1290. The number of rotatable bonds is 7. The van der Waals surface area contributed by atoms with Gasteiger partial charge in [0.05, 0.1) is 11.1 Å². The summed E-state index contributed by atoms with van der Waals surface area (Å²) < 4.78 is 5.81. The molecule has 2 heterocycles. The van der Waals surface area contributed by atoms with Gasteiger partial charge in [-0.2, -0.15) is 0 Å². The minimum atomic E-state index is -0.958. The van der Waals surface area contributed by atoms with E-state index < -0.39 is 18.0 Å². The topological polar surface area (TPSA) is 101 Å². The zero-order valence-corrected chi connectivity index (χ0v) is 21.1. The van der Waals surface area contributed by atoms with E-state index >= 15 is 0 Å². The number of carbonyl (C=O) groups excluding carboxylic acids is 3. The second-order valence-electron chi connectivity index (χ2n) is 9.29. The fraction of sp³-hybridized carbons (Fsp3) is 0.357. The smallest absolute Gasteiger partial charge is 0.340 e. The van der Waals surface area contributed by atoms with Crippen molar-refractivity contribution in [2.75, 3.05) is 17.2 Å². The first-order valence-corrected chi connectivity index (χ1v) is 12.3. The molecule has 1 aliphatic rings. The average Bonchev–Trinajstić information content (AvgIpc) is 2.86. The maximum absolute atomic E-state index is 13.6. The third-order valence-corrected chi connectivity index (χ3v) is 6.40. The Kier molecular flexibility index (Phi) is 7.64. The van der Waals surface area contributed by atoms with Crippen molar-refractivity contribution in [2.24, 2.45) is 0 Å². The van der Waals surface area contributed by atoms with Gasteiger partial charge in [-0.3, -0.25) is 19.5 Å². The van der Waals surface area contributed by atoms with E-state index in [1.807, 2.05) is 24.3 Å². The van der Waals surface area contributed by atoms with Gasteiger partial charge < -0.3 is 15.4 Å². The predicted molar refractivity (Wildman–Crippen MR) is 140 cm³/mol. The van der Waals surface area contributed by atoms with E-state index in [2.05, 4.69) is 29.4 Å². The SMILES string of the molecule is CCC(OC(=O)c1c2c(nc3ccccc13)CCN(C(C)C)C2)C(=O)Nc1ccc(NC(C)=O)cc1. The molecule has 36 heavy (non-hydrogen) atoms. The van der Waals surface area contributed by atoms with Gasteiger partial charge in [0.1, 0.15) is 0 Å². The fourth-order valence-corrected chi connectivity index (χ4v) is 4.46. The summed E-state index contributed by atoms with van der Waals surface area (Å²) in [5.41, 5.74) is 4.20. The number of anilines is 2. The van der Waals surface area contributed by atoms with Crippen LogP contribution in [0, 0.1) is 0 Å². The van der Waals surface area contributed by atoms with Crippen molar-refractivity contribution in [1.82, 2.24) is 9.88 Å². The standard InChI is InChI=1S/C28H32N4O4/c1-5-25(27(34)30-20-12-10-19(11-13-20)29-18(4)33)36-28(35)26-21-8-6-7-9-23(21)31-24-14-15-32(17(2)3)16-22(24)26/h6-13,17,25H,5,14-16H2,1-4H3,(H,29,33)(H,30,34). The lowest BCUT2D eigenvalue weighted by atomic mass is 9.95. The molecule has 2 amide bonds. The minimum absolute atomic E-state index is 0.174. The van der Waals surface area contributed by atoms with E-state index in [-0.39, 0.29) is 5.91 Å². The van der Waals surface area contributed by atoms with Crippen LogP contribution in [0.15, 0.2) is 48.5 Å². The van der Waals surface area contributed by atoms with Crippen LogP contribution in [0.25, 0.3) is 10.9 Å². The minimum Gasteiger partial charge on any atom is -0.449 e. The number of benzene rings is 2. The Morgan fingerprint density at radius 3 is 2.33 bits per heavy atom. The number of nitrogens with zero attached hydrogens (tertiary/aromatic N) is 2. The van der Waals surface area contributed by atoms with Gasteiger partial charge in [0.25, 0.3) is 5.91 Å². The number of hydrogen-bond acceptors (Lipinski definition) is 6. The van der Waals surface area contributed by atoms with Gasteiger partial charge >= 0.3 is 5.97 Å². The number of nitrogens with one attached hydrogen (secondary N) is 2. The first-order chi connectivity index (χ1) is 17.3. The third-order valence-electron chi connectivity index (χ3n) is 6.40. The van der Waals surface area contributed by atoms with Crippen LogP contribution in [-0.4, -0.2) is 46.4 Å². The molecule has 1 unspecified atom stereocenters. The van der Waals surface area contributed by atoms with E-state index in [1.54, 1.807) is 31.2 Å². The second-order valence-corrected chi connectivity index (χ2v) is 9.29. The van der Waals surface area contributed by atoms with E-state index in [9.17, 15) is 14.4 Å². The maximum atomic E-state index is 13.6. The first kappa shape index (κ1) is 25.3. The number of pyridine rings is 1. The summed E-state index contributed by atoms with van der Waals surface area (Å²) in [5, 5.41) is 6.22. The number of aromatic nitrogens is 1. The van der Waals surface area contributed by atoms with Crippen molar-refractivity contribution < 1.29 is 19.1 Å². The zero-order valence-electron chi connectivity index (χ0n) is 21.1. The van der Waals surface area contributed by atoms with E-state index in [4.69, 9.17) is 9.72 Å². The number of amides is 2. The number of ether oxygens (including phenoxy) is 1. The highest BCUT2D eigenvalue weighted by Gasteiger charge is 2.30. The number of para-hydroxylation sites is 1. The first-order valence-electron chi connectivity index (χ1n) is 12.3. The molecule has 0 fully saturated rings. The van der Waals surface area contributed by atoms with Gasteiger partial charge in [0, 0.05) is 60.5 Å². The Balaban J connectivity index is 1.58. The van der Waals surface area contributed by atoms with Crippen LogP contribution in [0.1, 0.15) is 55.7 Å². The number of fused-ring (bicyclic) bond motifs is 2. The summed E-state index contributed by atoms with van der Waals surface area (Å²) in [4.78, 5) is 44.9. The highest BCUT2D eigenvalue weighted by atomic mass is 16.5. The van der Waals surface area contributed by atoms with Crippen LogP contribution in [0.4, 0.5) is 11.4 Å². The van der Waals surface area contributed by atoms with Gasteiger partial charge in [-0.15, -0.1) is 0 Å². The maximum Gasteiger partial charge on any atom is 0.340 e. The second kappa shape index (κ2) is 10.9. The molecule has 0 bridgehead atoms. The Morgan fingerprint density at radius 2 is 1.69 bits per heavy atom. The lowest BCUT2D eigenvalue weighted by Crippen LogP contribution is -2.38. The molecule has 1 aliphatic heterocycles. The van der Waals surface area contributed by atoms with Crippen LogP contribution in [0.2, 0.25) is 0 Å². The molecule has 1 atom stereocenters. The Labute approximate surface area is 211 Å². The molecule has 3 aromatic rings. The van der Waals surface area contributed by atoms with Crippen LogP contribution in [-0.2, 0) is 27.3 Å². The summed E-state index contributed by atoms with van der Waals surface area (Å²) in [6.45, 7) is 9.00. The fourth-order valence-electron chi connectivity index (χ4n) is 4.46. The van der Waals surface area contributed by atoms with Gasteiger partial charge in [-0.1, -0.05) is 25.1 Å². The third kappa shape index (κ3) is 5.54. The summed E-state index contributed by atoms with van der Waals surface area (Å²) in [5.74, 6) is -1.10. The lowest BCUT2D eigenvalue weighted by Gasteiger charge is -2.32. The molecule has 2 aromatic carbocycles. The summed E-state index contributed by atoms with van der Waals surface area (Å²) in [7, 11) is 0. The molecular weight excluding hydrogens is 456 g/mol. The highest BCUT2D eigenvalue weighted by Crippen LogP contribution is 2.30. The quantitative estimate of drug-likeness (QED) is 0.474. The summed E-state index contributed by atoms with van der Waals surface area (Å²) in [6.07, 6.45) is 0.121. The molecule has 2 N–H and O–H groups in total. The number of esters is 1. The Morgan fingerprint density at radius 1 is 1.03 bits per heavy atom. The molecule has 0 spiro atoms.